The maximum Gasteiger partial charge on any atom is 0.256 e. The first-order valence-electron chi connectivity index (χ1n) is 8.33. The van der Waals surface area contributed by atoms with Gasteiger partial charge in [0.1, 0.15) is 0 Å². The van der Waals surface area contributed by atoms with Crippen LogP contribution in [0.2, 0.25) is 10.0 Å². The standard InChI is InChI=1S/C22H14Cl2N2O/c23-18-11-10-14(12-19(18)24)21-13-17(16-8-4-5-9-20(16)26-21)22(27)25-15-6-2-1-3-7-15/h1-13H,(H,25,27). The van der Waals surface area contributed by atoms with E-state index in [1.165, 1.54) is 0 Å². The van der Waals surface area contributed by atoms with Gasteiger partial charge in [0.25, 0.3) is 5.91 Å². The molecule has 4 aromatic rings. The van der Waals surface area contributed by atoms with E-state index in [2.05, 4.69) is 10.3 Å². The highest BCUT2D eigenvalue weighted by molar-refractivity contribution is 6.42. The van der Waals surface area contributed by atoms with Crippen LogP contribution < -0.4 is 5.32 Å². The lowest BCUT2D eigenvalue weighted by Crippen LogP contribution is -2.13. The van der Waals surface area contributed by atoms with E-state index in [0.717, 1.165) is 22.2 Å². The third-order valence-electron chi connectivity index (χ3n) is 4.21. The number of amides is 1. The normalized spacial score (nSPS) is 10.7. The lowest BCUT2D eigenvalue weighted by Gasteiger charge is -2.11. The number of carbonyl (C=O) groups excluding carboxylic acids is 1. The highest BCUT2D eigenvalue weighted by Crippen LogP contribution is 2.30. The number of hydrogen-bond acceptors (Lipinski definition) is 2. The number of fused-ring (bicyclic) bond motifs is 1. The third kappa shape index (κ3) is 3.65. The molecule has 0 saturated carbocycles. The molecule has 0 aliphatic rings. The van der Waals surface area contributed by atoms with Crippen LogP contribution in [0.4, 0.5) is 5.69 Å². The average molecular weight is 393 g/mol. The molecule has 0 unspecified atom stereocenters. The smallest absolute Gasteiger partial charge is 0.256 e. The van der Waals surface area contributed by atoms with E-state index in [9.17, 15) is 4.79 Å². The Morgan fingerprint density at radius 2 is 1.56 bits per heavy atom. The maximum atomic E-state index is 12.9. The second-order valence-electron chi connectivity index (χ2n) is 6.02. The van der Waals surface area contributed by atoms with Gasteiger partial charge in [0.05, 0.1) is 26.8 Å². The van der Waals surface area contributed by atoms with Gasteiger partial charge in [-0.3, -0.25) is 4.79 Å². The molecule has 1 N–H and O–H groups in total. The molecule has 1 amide bonds. The van der Waals surface area contributed by atoms with Crippen molar-refractivity contribution in [1.82, 2.24) is 4.98 Å². The van der Waals surface area contributed by atoms with E-state index >= 15 is 0 Å². The number of anilines is 1. The molecule has 1 aromatic heterocycles. The molecule has 0 saturated heterocycles. The number of benzene rings is 3. The molecule has 5 heteroatoms. The summed E-state index contributed by atoms with van der Waals surface area (Å²) < 4.78 is 0. The summed E-state index contributed by atoms with van der Waals surface area (Å²) >= 11 is 12.2. The number of aromatic nitrogens is 1. The zero-order valence-corrected chi connectivity index (χ0v) is 15.6. The van der Waals surface area contributed by atoms with Crippen molar-refractivity contribution in [2.24, 2.45) is 0 Å². The van der Waals surface area contributed by atoms with Gasteiger partial charge in [-0.2, -0.15) is 0 Å². The summed E-state index contributed by atoms with van der Waals surface area (Å²) in [6, 6.07) is 24.0. The topological polar surface area (TPSA) is 42.0 Å². The molecule has 0 aliphatic heterocycles. The number of nitrogens with one attached hydrogen (secondary N) is 1. The molecule has 0 fully saturated rings. The number of carbonyl (C=O) groups is 1. The summed E-state index contributed by atoms with van der Waals surface area (Å²) in [5, 5.41) is 4.64. The Morgan fingerprint density at radius 1 is 0.815 bits per heavy atom. The van der Waals surface area contributed by atoms with E-state index in [4.69, 9.17) is 23.2 Å². The quantitative estimate of drug-likeness (QED) is 0.434. The zero-order chi connectivity index (χ0) is 18.8. The van der Waals surface area contributed by atoms with Crippen molar-refractivity contribution in [3.63, 3.8) is 0 Å². The molecular weight excluding hydrogens is 379 g/mol. The fourth-order valence-corrected chi connectivity index (χ4v) is 3.18. The van der Waals surface area contributed by atoms with Crippen LogP contribution in [-0.4, -0.2) is 10.9 Å². The summed E-state index contributed by atoms with van der Waals surface area (Å²) in [7, 11) is 0. The second kappa shape index (κ2) is 7.39. The van der Waals surface area contributed by atoms with Crippen LogP contribution in [0, 0.1) is 0 Å². The Kier molecular flexibility index (Phi) is 4.80. The molecule has 132 valence electrons. The van der Waals surface area contributed by atoms with Crippen molar-refractivity contribution in [3.8, 4) is 11.3 Å². The van der Waals surface area contributed by atoms with Crippen molar-refractivity contribution in [2.45, 2.75) is 0 Å². The molecule has 0 bridgehead atoms. The molecule has 27 heavy (non-hydrogen) atoms. The maximum absolute atomic E-state index is 12.9. The Morgan fingerprint density at radius 3 is 2.33 bits per heavy atom. The van der Waals surface area contributed by atoms with Gasteiger partial charge >= 0.3 is 0 Å². The van der Waals surface area contributed by atoms with E-state index in [-0.39, 0.29) is 5.91 Å². The van der Waals surface area contributed by atoms with Gasteiger partial charge in [0.15, 0.2) is 0 Å². The van der Waals surface area contributed by atoms with Crippen LogP contribution in [-0.2, 0) is 0 Å². The van der Waals surface area contributed by atoms with Gasteiger partial charge < -0.3 is 5.32 Å². The van der Waals surface area contributed by atoms with Crippen LogP contribution in [0.5, 0.6) is 0 Å². The third-order valence-corrected chi connectivity index (χ3v) is 4.95. The number of nitrogens with zero attached hydrogens (tertiary/aromatic N) is 1. The summed E-state index contributed by atoms with van der Waals surface area (Å²) in [5.41, 5.74) is 3.47. The Bertz CT molecular complexity index is 1140. The van der Waals surface area contributed by atoms with Crippen molar-refractivity contribution in [2.75, 3.05) is 5.32 Å². The predicted molar refractivity (Wildman–Crippen MR) is 112 cm³/mol. The molecule has 3 aromatic carbocycles. The zero-order valence-electron chi connectivity index (χ0n) is 14.1. The number of hydrogen-bond donors (Lipinski definition) is 1. The molecule has 0 spiro atoms. The largest absolute Gasteiger partial charge is 0.322 e. The molecule has 3 nitrogen and oxygen atoms in total. The number of pyridine rings is 1. The van der Waals surface area contributed by atoms with Crippen LogP contribution in [0.3, 0.4) is 0 Å². The van der Waals surface area contributed by atoms with Crippen molar-refractivity contribution in [3.05, 3.63) is 94.5 Å². The molecular formula is C22H14Cl2N2O. The fraction of sp³-hybridized carbons (Fsp3) is 0. The first-order valence-corrected chi connectivity index (χ1v) is 9.09. The molecule has 0 atom stereocenters. The minimum Gasteiger partial charge on any atom is -0.322 e. The Labute approximate surface area is 166 Å². The predicted octanol–water partition coefficient (Wildman–Crippen LogP) is 6.46. The van der Waals surface area contributed by atoms with E-state index in [1.807, 2.05) is 60.7 Å². The van der Waals surface area contributed by atoms with Crippen molar-refractivity contribution in [1.29, 1.82) is 0 Å². The van der Waals surface area contributed by atoms with Crippen LogP contribution >= 0.6 is 23.2 Å². The highest BCUT2D eigenvalue weighted by Gasteiger charge is 2.14. The van der Waals surface area contributed by atoms with Crippen LogP contribution in [0.25, 0.3) is 22.2 Å². The molecule has 0 aliphatic carbocycles. The van der Waals surface area contributed by atoms with E-state index in [0.29, 0.717) is 21.3 Å². The Balaban J connectivity index is 1.83. The average Bonchev–Trinajstić information content (AvgIpc) is 2.70. The van der Waals surface area contributed by atoms with Crippen molar-refractivity contribution < 1.29 is 4.79 Å². The lowest BCUT2D eigenvalue weighted by atomic mass is 10.0. The fourth-order valence-electron chi connectivity index (χ4n) is 2.89. The van der Waals surface area contributed by atoms with Gasteiger partial charge in [0.2, 0.25) is 0 Å². The molecule has 4 rings (SSSR count). The summed E-state index contributed by atoms with van der Waals surface area (Å²) in [6.07, 6.45) is 0. The number of rotatable bonds is 3. The monoisotopic (exact) mass is 392 g/mol. The van der Waals surface area contributed by atoms with Gasteiger partial charge in [-0.05, 0) is 36.4 Å². The van der Waals surface area contributed by atoms with Gasteiger partial charge in [-0.25, -0.2) is 4.98 Å². The van der Waals surface area contributed by atoms with Gasteiger partial charge in [-0.1, -0.05) is 65.7 Å². The van der Waals surface area contributed by atoms with Crippen LogP contribution in [0.15, 0.2) is 78.9 Å². The van der Waals surface area contributed by atoms with E-state index in [1.54, 1.807) is 18.2 Å². The summed E-state index contributed by atoms with van der Waals surface area (Å²) in [6.45, 7) is 0. The molecule has 0 radical (unpaired) electrons. The Hall–Kier alpha value is -2.88. The second-order valence-corrected chi connectivity index (χ2v) is 6.84. The SMILES string of the molecule is O=C(Nc1ccccc1)c1cc(-c2ccc(Cl)c(Cl)c2)nc2ccccc12. The molecule has 1 heterocycles. The lowest BCUT2D eigenvalue weighted by molar-refractivity contribution is 0.102. The number of halogens is 2. The van der Waals surface area contributed by atoms with Gasteiger partial charge in [0, 0.05) is 16.6 Å². The summed E-state index contributed by atoms with van der Waals surface area (Å²) in [5.74, 6) is -0.193. The number of para-hydroxylation sites is 2. The van der Waals surface area contributed by atoms with Gasteiger partial charge in [-0.15, -0.1) is 0 Å². The van der Waals surface area contributed by atoms with E-state index < -0.39 is 0 Å². The summed E-state index contributed by atoms with van der Waals surface area (Å²) in [4.78, 5) is 17.6. The minimum atomic E-state index is -0.193. The first kappa shape index (κ1) is 17.5. The van der Waals surface area contributed by atoms with Crippen molar-refractivity contribution >= 4 is 45.7 Å². The highest BCUT2D eigenvalue weighted by atomic mass is 35.5. The van der Waals surface area contributed by atoms with Crippen LogP contribution in [0.1, 0.15) is 10.4 Å². The minimum absolute atomic E-state index is 0.193. The first-order chi connectivity index (χ1) is 13.1.